The van der Waals surface area contributed by atoms with Crippen LogP contribution in [0.25, 0.3) is 0 Å². The lowest BCUT2D eigenvalue weighted by Gasteiger charge is -2.48. The summed E-state index contributed by atoms with van der Waals surface area (Å²) in [5, 5.41) is 164. The molecule has 0 radical (unpaired) electrons. The molecule has 4 saturated heterocycles. The van der Waals surface area contributed by atoms with Gasteiger partial charge in [0.05, 0.1) is 62.8 Å². The summed E-state index contributed by atoms with van der Waals surface area (Å²) >= 11 is 0. The molecule has 4 aliphatic heterocycles. The van der Waals surface area contributed by atoms with Crippen LogP contribution in [-0.2, 0) is 87.8 Å². The van der Waals surface area contributed by atoms with Gasteiger partial charge in [-0.2, -0.15) is 0 Å². The molecular weight excluding hydrogens is 1410 g/mol. The minimum atomic E-state index is -1.89. The average Bonchev–Trinajstić information content (AvgIpc) is 0.839. The Bertz CT molecular complexity index is 3080. The molecule has 44 heteroatoms. The normalized spacial score (nSPS) is 37.8. The number of carbonyl (C=O) groups excluding carboxylic acids is 5. The number of rotatable bonds is 36. The molecule has 6 fully saturated rings. The van der Waals surface area contributed by atoms with Gasteiger partial charge in [0, 0.05) is 94.2 Å². The highest BCUT2D eigenvalue weighted by Crippen LogP contribution is 2.35. The monoisotopic (exact) mass is 1520 g/mol. The van der Waals surface area contributed by atoms with Crippen LogP contribution in [0.4, 0.5) is 0 Å². The van der Waals surface area contributed by atoms with E-state index in [0.717, 1.165) is 0 Å². The Hall–Kier alpha value is -5.49. The van der Waals surface area contributed by atoms with Crippen LogP contribution in [0.5, 0.6) is 0 Å². The van der Waals surface area contributed by atoms with Crippen molar-refractivity contribution in [2.24, 2.45) is 46.1 Å². The third-order valence-corrected chi connectivity index (χ3v) is 20.0. The zero-order chi connectivity index (χ0) is 77.5. The molecule has 8 rings (SSSR count). The highest BCUT2D eigenvalue weighted by molar-refractivity contribution is 5.88. The third-order valence-electron chi connectivity index (χ3n) is 20.0. The van der Waals surface area contributed by atoms with Gasteiger partial charge in [0.15, 0.2) is 25.2 Å². The highest BCUT2D eigenvalue weighted by atomic mass is 16.7. The lowest BCUT2D eigenvalue weighted by atomic mass is 9.84. The molecule has 6 aliphatic rings. The highest BCUT2D eigenvalue weighted by Gasteiger charge is 2.54. The number of aliphatic hydroxyl groups excluding tert-OH is 13. The van der Waals surface area contributed by atoms with E-state index >= 15 is 0 Å². The van der Waals surface area contributed by atoms with Crippen LogP contribution < -0.4 is 56.1 Å². The van der Waals surface area contributed by atoms with E-state index in [4.69, 9.17) is 78.0 Å². The van der Waals surface area contributed by atoms with Crippen LogP contribution in [0, 0.1) is 5.92 Å². The van der Waals surface area contributed by atoms with Gasteiger partial charge in [-0.05, 0) is 51.5 Å². The van der Waals surface area contributed by atoms with Crippen LogP contribution >= 0.6 is 0 Å². The number of primary amides is 1. The van der Waals surface area contributed by atoms with E-state index in [1.54, 1.807) is 17.8 Å². The number of aryl methyl sites for hydroxylation is 3. The van der Waals surface area contributed by atoms with Crippen molar-refractivity contribution in [1.82, 2.24) is 55.7 Å². The van der Waals surface area contributed by atoms with Gasteiger partial charge >= 0.3 is 0 Å². The topological polar surface area (TPSA) is 708 Å². The first-order valence-corrected chi connectivity index (χ1v) is 35.7. The molecule has 5 amide bonds. The van der Waals surface area contributed by atoms with Gasteiger partial charge in [-0.15, -0.1) is 10.2 Å². The third kappa shape index (κ3) is 22.2. The summed E-state index contributed by atoms with van der Waals surface area (Å²) in [5.74, 6) is -3.18. The van der Waals surface area contributed by atoms with Crippen LogP contribution in [0.2, 0.25) is 0 Å². The smallest absolute Gasteiger partial charge is 0.242 e. The first kappa shape index (κ1) is 86.1. The molecule has 604 valence electrons. The fourth-order valence-electron chi connectivity index (χ4n) is 13.6. The SMILES string of the molecule is CCCN(CC(=O)N(CCCn1cc(CC(=O)NCC2OC(OC3C(N)CC(N)C(OC4OC(CO)C(O)C(N)C4O)C3O)C(O)C(O)C2O)nn1)CC(N)=O)C(=O)CNCCCn1cc(CCCC(=O)NCC2OC(OC3C(N)CC(N)C(OC4OC(CO)C(C)C(N)C4O)C3O)C(O)C(O)C2O)nn1. The Morgan fingerprint density at radius 1 is 0.528 bits per heavy atom. The van der Waals surface area contributed by atoms with Crippen molar-refractivity contribution in [2.45, 2.75) is 262 Å². The molecule has 2 saturated carbocycles. The standard InChI is InChI=1S/C62H110N18O26/c1-3-10-77(40(86)19-70-9-5-12-79-20-27(73-75-79)7-4-8-38(84)71-17-33-45(89)49(93)51(95)61(99-33)105-57-31(65)15-29(63)55(53(57)97)103-59-47(91)42(68)26(2)35(24-81)101-59)23-41(87)78(22-37(67)83)11-6-13-80-21-28(74-76-80)14-39(85)72-18-34-46(90)50(94)52(96)62(100-34)106-58-32(66)16-30(64)56(54(58)98)104-60-48(92)43(69)44(88)36(25-82)102-60/h20-21,26,29-36,42-62,70,81-82,88-98H,3-19,22-25,63-66,68-69H2,1-2H3,(H2,67,83)(H,71,84)(H,72,85). The minimum absolute atomic E-state index is 0.0190. The molecule has 0 aromatic carbocycles. The number of nitrogens with one attached hydrogen (secondary N) is 3. The average molecular weight is 1520 g/mol. The number of amides is 5. The molecule has 2 aromatic heterocycles. The second-order valence-corrected chi connectivity index (χ2v) is 28.0. The zero-order valence-electron chi connectivity index (χ0n) is 59.1. The minimum Gasteiger partial charge on any atom is -0.394 e. The Morgan fingerprint density at radius 3 is 1.49 bits per heavy atom. The van der Waals surface area contributed by atoms with E-state index < -0.39 is 233 Å². The second kappa shape index (κ2) is 39.9. The number of hydrogen-bond donors (Lipinski definition) is 23. The Morgan fingerprint density at radius 2 is 0.981 bits per heavy atom. The summed E-state index contributed by atoms with van der Waals surface area (Å²) in [6, 6.07) is -5.96. The molecule has 2 aliphatic carbocycles. The number of nitrogens with two attached hydrogens (primary N) is 7. The maximum Gasteiger partial charge on any atom is 0.242 e. The quantitative estimate of drug-likeness (QED) is 0.0282. The number of nitrogens with zero attached hydrogens (tertiary/aromatic N) is 8. The first-order chi connectivity index (χ1) is 50.3. The van der Waals surface area contributed by atoms with Crippen molar-refractivity contribution in [3.05, 3.63) is 23.8 Å². The van der Waals surface area contributed by atoms with Crippen LogP contribution in [0.15, 0.2) is 12.4 Å². The number of hydrogen-bond acceptors (Lipinski definition) is 37. The predicted molar refractivity (Wildman–Crippen MR) is 358 cm³/mol. The number of carbonyl (C=O) groups is 5. The Balaban J connectivity index is 0.705. The van der Waals surface area contributed by atoms with Crippen molar-refractivity contribution in [3.8, 4) is 0 Å². The van der Waals surface area contributed by atoms with Gasteiger partial charge in [-0.3, -0.25) is 33.3 Å². The Kier molecular flexibility index (Phi) is 32.4. The Labute approximate surface area is 609 Å². The van der Waals surface area contributed by atoms with Crippen molar-refractivity contribution in [1.29, 1.82) is 0 Å². The summed E-state index contributed by atoms with van der Waals surface area (Å²) in [6.07, 6.45) is -30.0. The van der Waals surface area contributed by atoms with Gasteiger partial charge in [-0.1, -0.05) is 24.3 Å². The number of ether oxygens (including phenoxy) is 8. The van der Waals surface area contributed by atoms with E-state index in [2.05, 4.69) is 36.6 Å². The van der Waals surface area contributed by atoms with Gasteiger partial charge < -0.3 is 170 Å². The lowest BCUT2D eigenvalue weighted by Crippen LogP contribution is -2.68. The molecule has 30 unspecified atom stereocenters. The number of aliphatic hydroxyl groups is 13. The largest absolute Gasteiger partial charge is 0.394 e. The maximum absolute atomic E-state index is 13.7. The molecule has 6 heterocycles. The summed E-state index contributed by atoms with van der Waals surface area (Å²) in [7, 11) is 0. The van der Waals surface area contributed by atoms with Crippen LogP contribution in [0.3, 0.4) is 0 Å². The van der Waals surface area contributed by atoms with Crippen molar-refractivity contribution in [2.75, 3.05) is 65.6 Å². The first-order valence-electron chi connectivity index (χ1n) is 35.7. The zero-order valence-corrected chi connectivity index (χ0v) is 59.1. The molecule has 0 bridgehead atoms. The van der Waals surface area contributed by atoms with Gasteiger partial charge in [0.25, 0.3) is 0 Å². The van der Waals surface area contributed by atoms with Crippen LogP contribution in [-0.4, -0.2) is 379 Å². The molecule has 44 nitrogen and oxygen atoms in total. The molecule has 106 heavy (non-hydrogen) atoms. The fraction of sp³-hybridized carbons (Fsp3) is 0.855. The summed E-state index contributed by atoms with van der Waals surface area (Å²) in [6.45, 7) is 2.03. The van der Waals surface area contributed by atoms with Gasteiger partial charge in [0.1, 0.15) is 110 Å². The van der Waals surface area contributed by atoms with Crippen LogP contribution in [0.1, 0.15) is 70.2 Å². The summed E-state index contributed by atoms with van der Waals surface area (Å²) in [4.78, 5) is 68.0. The number of aromatic nitrogens is 6. The van der Waals surface area contributed by atoms with E-state index in [1.807, 2.05) is 6.92 Å². The summed E-state index contributed by atoms with van der Waals surface area (Å²) < 4.78 is 49.4. The van der Waals surface area contributed by atoms with Crippen molar-refractivity contribution in [3.63, 3.8) is 0 Å². The molecule has 30 N–H and O–H groups in total. The molecule has 2 aromatic rings. The van der Waals surface area contributed by atoms with E-state index in [-0.39, 0.29) is 83.0 Å². The molecule has 0 spiro atoms. The van der Waals surface area contributed by atoms with E-state index in [1.165, 1.54) is 20.7 Å². The van der Waals surface area contributed by atoms with Gasteiger partial charge in [0.2, 0.25) is 29.5 Å². The molecule has 30 atom stereocenters. The summed E-state index contributed by atoms with van der Waals surface area (Å²) in [5.41, 5.74) is 43.6. The van der Waals surface area contributed by atoms with Gasteiger partial charge in [-0.25, -0.2) is 0 Å². The fourth-order valence-corrected chi connectivity index (χ4v) is 13.6. The predicted octanol–water partition coefficient (Wildman–Crippen LogP) is -14.6. The lowest BCUT2D eigenvalue weighted by molar-refractivity contribution is -0.332. The maximum atomic E-state index is 13.7. The van der Waals surface area contributed by atoms with Crippen molar-refractivity contribution < 1.29 is 128 Å². The molecular formula is C62H110N18O26. The van der Waals surface area contributed by atoms with E-state index in [9.17, 15) is 90.4 Å². The van der Waals surface area contributed by atoms with Crippen molar-refractivity contribution >= 4 is 29.5 Å². The second-order valence-electron chi connectivity index (χ2n) is 28.0. The van der Waals surface area contributed by atoms with E-state index in [0.29, 0.717) is 44.5 Å².